The summed E-state index contributed by atoms with van der Waals surface area (Å²) in [5.41, 5.74) is -0.0405. The van der Waals surface area contributed by atoms with E-state index in [4.69, 9.17) is 0 Å². The SMILES string of the molecule is CCCCN(C)C(=O)CSc1nc(O)c(CC(C)C)c(=O)[nH]1. The molecular weight excluding hydrogens is 302 g/mol. The molecule has 1 heterocycles. The van der Waals surface area contributed by atoms with E-state index in [0.29, 0.717) is 12.0 Å². The first kappa shape index (κ1) is 18.5. The van der Waals surface area contributed by atoms with Gasteiger partial charge in [0.1, 0.15) is 0 Å². The molecule has 1 amide bonds. The van der Waals surface area contributed by atoms with Gasteiger partial charge in [-0.05, 0) is 18.8 Å². The van der Waals surface area contributed by atoms with Crippen LogP contribution in [0.25, 0.3) is 0 Å². The fourth-order valence-corrected chi connectivity index (χ4v) is 2.68. The third-order valence-electron chi connectivity index (χ3n) is 3.19. The fourth-order valence-electron chi connectivity index (χ4n) is 1.89. The number of unbranched alkanes of at least 4 members (excludes halogenated alkanes) is 1. The second-order valence-electron chi connectivity index (χ2n) is 5.73. The number of thioether (sulfide) groups is 1. The highest BCUT2D eigenvalue weighted by Gasteiger charge is 2.14. The number of aromatic hydroxyl groups is 1. The number of aromatic amines is 1. The molecule has 0 spiro atoms. The van der Waals surface area contributed by atoms with Crippen LogP contribution in [0.15, 0.2) is 9.95 Å². The highest BCUT2D eigenvalue weighted by Crippen LogP contribution is 2.18. The number of nitrogens with zero attached hydrogens (tertiary/aromatic N) is 2. The first-order valence-corrected chi connectivity index (χ1v) is 8.52. The molecule has 0 bridgehead atoms. The average Bonchev–Trinajstić information content (AvgIpc) is 2.45. The van der Waals surface area contributed by atoms with E-state index >= 15 is 0 Å². The molecule has 124 valence electrons. The third-order valence-corrected chi connectivity index (χ3v) is 4.05. The van der Waals surface area contributed by atoms with Crippen molar-refractivity contribution in [3.63, 3.8) is 0 Å². The molecule has 0 saturated heterocycles. The van der Waals surface area contributed by atoms with Crippen LogP contribution >= 0.6 is 11.8 Å². The minimum atomic E-state index is -0.338. The van der Waals surface area contributed by atoms with Crippen molar-refractivity contribution in [2.45, 2.75) is 45.2 Å². The molecule has 1 aromatic rings. The maximum Gasteiger partial charge on any atom is 0.258 e. The van der Waals surface area contributed by atoms with Gasteiger partial charge in [-0.15, -0.1) is 0 Å². The van der Waals surface area contributed by atoms with Crippen molar-refractivity contribution in [2.75, 3.05) is 19.3 Å². The summed E-state index contributed by atoms with van der Waals surface area (Å²) in [5, 5.41) is 10.1. The lowest BCUT2D eigenvalue weighted by Crippen LogP contribution is -2.29. The average molecular weight is 327 g/mol. The highest BCUT2D eigenvalue weighted by atomic mass is 32.2. The molecular formula is C15H25N3O3S. The van der Waals surface area contributed by atoms with Gasteiger partial charge in [0, 0.05) is 13.6 Å². The van der Waals surface area contributed by atoms with Gasteiger partial charge in [0.15, 0.2) is 5.16 Å². The standard InChI is InChI=1S/C15H25N3O3S/c1-5-6-7-18(4)12(19)9-22-15-16-13(20)11(8-10(2)3)14(21)17-15/h10H,5-9H2,1-4H3,(H2,16,17,20,21). The van der Waals surface area contributed by atoms with Crippen LogP contribution in [0.2, 0.25) is 0 Å². The number of carbonyl (C=O) groups excluding carboxylic acids is 1. The Morgan fingerprint density at radius 1 is 1.45 bits per heavy atom. The van der Waals surface area contributed by atoms with Gasteiger partial charge in [0.2, 0.25) is 11.8 Å². The van der Waals surface area contributed by atoms with Crippen LogP contribution in [0.1, 0.15) is 39.2 Å². The van der Waals surface area contributed by atoms with Gasteiger partial charge in [-0.1, -0.05) is 39.0 Å². The third kappa shape index (κ3) is 5.71. The van der Waals surface area contributed by atoms with Crippen molar-refractivity contribution in [3.05, 3.63) is 15.9 Å². The second kappa shape index (κ2) is 8.82. The molecule has 1 aromatic heterocycles. The summed E-state index contributed by atoms with van der Waals surface area (Å²) in [5.74, 6) is 0.172. The van der Waals surface area contributed by atoms with Crippen LogP contribution in [0, 0.1) is 5.92 Å². The normalized spacial score (nSPS) is 11.0. The van der Waals surface area contributed by atoms with Gasteiger partial charge < -0.3 is 15.0 Å². The van der Waals surface area contributed by atoms with Crippen molar-refractivity contribution >= 4 is 17.7 Å². The van der Waals surface area contributed by atoms with Crippen LogP contribution in [0.4, 0.5) is 0 Å². The van der Waals surface area contributed by atoms with Crippen molar-refractivity contribution < 1.29 is 9.90 Å². The number of rotatable bonds is 8. The lowest BCUT2D eigenvalue weighted by atomic mass is 10.1. The number of aromatic nitrogens is 2. The molecule has 6 nitrogen and oxygen atoms in total. The first-order chi connectivity index (χ1) is 10.3. The highest BCUT2D eigenvalue weighted by molar-refractivity contribution is 7.99. The summed E-state index contributed by atoms with van der Waals surface area (Å²) in [6.07, 6.45) is 2.47. The number of nitrogens with one attached hydrogen (secondary N) is 1. The number of hydrogen-bond donors (Lipinski definition) is 2. The van der Waals surface area contributed by atoms with Crippen LogP contribution in [0.5, 0.6) is 5.88 Å². The van der Waals surface area contributed by atoms with E-state index in [1.165, 1.54) is 0 Å². The van der Waals surface area contributed by atoms with Gasteiger partial charge in [-0.3, -0.25) is 9.59 Å². The summed E-state index contributed by atoms with van der Waals surface area (Å²) >= 11 is 1.13. The lowest BCUT2D eigenvalue weighted by Gasteiger charge is -2.16. The second-order valence-corrected chi connectivity index (χ2v) is 6.69. The molecule has 2 N–H and O–H groups in total. The zero-order chi connectivity index (χ0) is 16.7. The largest absolute Gasteiger partial charge is 0.493 e. The maximum absolute atomic E-state index is 12.0. The molecule has 22 heavy (non-hydrogen) atoms. The summed E-state index contributed by atoms with van der Waals surface area (Å²) in [6.45, 7) is 6.72. The molecule has 0 aromatic carbocycles. The van der Waals surface area contributed by atoms with E-state index in [0.717, 1.165) is 31.1 Å². The summed E-state index contributed by atoms with van der Waals surface area (Å²) in [4.78, 5) is 32.1. The van der Waals surface area contributed by atoms with Gasteiger partial charge in [0.25, 0.3) is 5.56 Å². The molecule has 1 rings (SSSR count). The Labute approximate surface area is 135 Å². The molecule has 7 heteroatoms. The van der Waals surface area contributed by atoms with E-state index in [1.54, 1.807) is 11.9 Å². The van der Waals surface area contributed by atoms with Gasteiger partial charge >= 0.3 is 0 Å². The Morgan fingerprint density at radius 2 is 2.14 bits per heavy atom. The molecule has 0 aliphatic heterocycles. The molecule has 0 saturated carbocycles. The predicted molar refractivity (Wildman–Crippen MR) is 88.3 cm³/mol. The quantitative estimate of drug-likeness (QED) is 0.563. The molecule has 0 fully saturated rings. The van der Waals surface area contributed by atoms with Crippen LogP contribution < -0.4 is 5.56 Å². The van der Waals surface area contributed by atoms with Crippen LogP contribution in [-0.4, -0.2) is 45.2 Å². The zero-order valence-corrected chi connectivity index (χ0v) is 14.5. The monoisotopic (exact) mass is 327 g/mol. The zero-order valence-electron chi connectivity index (χ0n) is 13.7. The lowest BCUT2D eigenvalue weighted by molar-refractivity contribution is -0.127. The molecule has 0 atom stereocenters. The van der Waals surface area contributed by atoms with Crippen molar-refractivity contribution in [1.82, 2.24) is 14.9 Å². The number of carbonyl (C=O) groups is 1. The van der Waals surface area contributed by atoms with Crippen molar-refractivity contribution in [1.29, 1.82) is 0 Å². The van der Waals surface area contributed by atoms with E-state index < -0.39 is 0 Å². The van der Waals surface area contributed by atoms with E-state index in [1.807, 2.05) is 13.8 Å². The number of amides is 1. The Kier molecular flexibility index (Phi) is 7.44. The molecule has 0 unspecified atom stereocenters. The van der Waals surface area contributed by atoms with Gasteiger partial charge in [-0.2, -0.15) is 4.98 Å². The number of H-pyrrole nitrogens is 1. The van der Waals surface area contributed by atoms with Crippen LogP contribution in [0.3, 0.4) is 0 Å². The summed E-state index contributed by atoms with van der Waals surface area (Å²) < 4.78 is 0. The Morgan fingerprint density at radius 3 is 2.68 bits per heavy atom. The minimum absolute atomic E-state index is 0.0214. The predicted octanol–water partition coefficient (Wildman–Crippen LogP) is 2.02. The van der Waals surface area contributed by atoms with E-state index in [9.17, 15) is 14.7 Å². The Hall–Kier alpha value is -1.50. The maximum atomic E-state index is 12.0. The van der Waals surface area contributed by atoms with Crippen LogP contribution in [-0.2, 0) is 11.2 Å². The van der Waals surface area contributed by atoms with Gasteiger partial charge in [-0.25, -0.2) is 0 Å². The van der Waals surface area contributed by atoms with E-state index in [2.05, 4.69) is 16.9 Å². The first-order valence-electron chi connectivity index (χ1n) is 7.54. The summed E-state index contributed by atoms with van der Waals surface area (Å²) in [7, 11) is 1.76. The smallest absolute Gasteiger partial charge is 0.258 e. The molecule has 0 aliphatic rings. The number of hydrogen-bond acceptors (Lipinski definition) is 5. The topological polar surface area (TPSA) is 86.3 Å². The fraction of sp³-hybridized carbons (Fsp3) is 0.667. The van der Waals surface area contributed by atoms with E-state index in [-0.39, 0.29) is 34.2 Å². The Bertz CT molecular complexity index is 557. The Balaban J connectivity index is 2.67. The summed E-state index contributed by atoms with van der Waals surface area (Å²) in [6, 6.07) is 0. The molecule has 0 radical (unpaired) electrons. The minimum Gasteiger partial charge on any atom is -0.493 e. The van der Waals surface area contributed by atoms with Gasteiger partial charge in [0.05, 0.1) is 11.3 Å². The van der Waals surface area contributed by atoms with Crippen molar-refractivity contribution in [3.8, 4) is 5.88 Å². The van der Waals surface area contributed by atoms with Crippen molar-refractivity contribution in [2.24, 2.45) is 5.92 Å². The molecule has 0 aliphatic carbocycles.